The Bertz CT molecular complexity index is 400. The van der Waals surface area contributed by atoms with Crippen LogP contribution < -0.4 is 0 Å². The summed E-state index contributed by atoms with van der Waals surface area (Å²) in [6.45, 7) is 0.769. The number of Topliss-reactive ketones (excluding diaryl/α,β-unsaturated/α-hetero) is 1. The van der Waals surface area contributed by atoms with Crippen LogP contribution in [-0.2, 0) is 4.79 Å². The maximum Gasteiger partial charge on any atom is 0.225 e. The summed E-state index contributed by atoms with van der Waals surface area (Å²) in [6, 6.07) is 9.16. The second-order valence-electron chi connectivity index (χ2n) is 4.24. The van der Waals surface area contributed by atoms with Gasteiger partial charge in [0.05, 0.1) is 0 Å². The molecule has 1 heterocycles. The van der Waals surface area contributed by atoms with Gasteiger partial charge in [-0.05, 0) is 6.42 Å². The van der Waals surface area contributed by atoms with Crippen molar-refractivity contribution in [2.24, 2.45) is 5.92 Å². The highest BCUT2D eigenvalue weighted by atomic mass is 16.2. The lowest BCUT2D eigenvalue weighted by atomic mass is 9.97. The van der Waals surface area contributed by atoms with E-state index in [4.69, 9.17) is 0 Å². The summed E-state index contributed by atoms with van der Waals surface area (Å²) >= 11 is 0. The first-order valence-corrected chi connectivity index (χ1v) is 5.51. The Hall–Kier alpha value is -1.64. The molecule has 3 heteroatoms. The Morgan fingerprint density at radius 2 is 2.06 bits per heavy atom. The molecule has 1 aliphatic rings. The van der Waals surface area contributed by atoms with Crippen LogP contribution in [0.15, 0.2) is 30.3 Å². The molecular formula is C13H15NO2. The van der Waals surface area contributed by atoms with Gasteiger partial charge in [0, 0.05) is 31.5 Å². The second kappa shape index (κ2) is 4.47. The molecule has 0 aliphatic carbocycles. The highest BCUT2D eigenvalue weighted by Crippen LogP contribution is 2.21. The number of hydrogen-bond acceptors (Lipinski definition) is 2. The Morgan fingerprint density at radius 3 is 2.62 bits per heavy atom. The minimum Gasteiger partial charge on any atom is -0.345 e. The van der Waals surface area contributed by atoms with Gasteiger partial charge in [-0.25, -0.2) is 0 Å². The van der Waals surface area contributed by atoms with Crippen LogP contribution in [0.25, 0.3) is 0 Å². The molecule has 0 aromatic heterocycles. The Labute approximate surface area is 95.1 Å². The smallest absolute Gasteiger partial charge is 0.225 e. The average molecular weight is 217 g/mol. The van der Waals surface area contributed by atoms with Gasteiger partial charge in [-0.15, -0.1) is 0 Å². The summed E-state index contributed by atoms with van der Waals surface area (Å²) in [7, 11) is 1.79. The molecule has 0 bridgehead atoms. The van der Waals surface area contributed by atoms with Crippen molar-refractivity contribution in [3.63, 3.8) is 0 Å². The topological polar surface area (TPSA) is 37.4 Å². The van der Waals surface area contributed by atoms with Crippen molar-refractivity contribution in [3.8, 4) is 0 Å². The molecular weight excluding hydrogens is 202 g/mol. The number of carbonyl (C=O) groups excluding carboxylic acids is 2. The van der Waals surface area contributed by atoms with Crippen molar-refractivity contribution in [1.82, 2.24) is 4.90 Å². The van der Waals surface area contributed by atoms with Crippen molar-refractivity contribution in [2.45, 2.75) is 12.8 Å². The molecule has 2 rings (SSSR count). The lowest BCUT2D eigenvalue weighted by Gasteiger charge is -2.09. The lowest BCUT2D eigenvalue weighted by molar-refractivity contribution is -0.129. The average Bonchev–Trinajstić information content (AvgIpc) is 2.62. The maximum absolute atomic E-state index is 11.9. The zero-order chi connectivity index (χ0) is 11.5. The number of likely N-dealkylation sites (tertiary alicyclic amines) is 1. The second-order valence-corrected chi connectivity index (χ2v) is 4.24. The lowest BCUT2D eigenvalue weighted by Crippen LogP contribution is -2.23. The van der Waals surface area contributed by atoms with Gasteiger partial charge in [-0.3, -0.25) is 9.59 Å². The Morgan fingerprint density at radius 1 is 1.38 bits per heavy atom. The van der Waals surface area contributed by atoms with Crippen LogP contribution in [-0.4, -0.2) is 30.2 Å². The summed E-state index contributed by atoms with van der Waals surface area (Å²) in [6.07, 6.45) is 1.14. The van der Waals surface area contributed by atoms with Crippen LogP contribution in [0.1, 0.15) is 23.2 Å². The summed E-state index contributed by atoms with van der Waals surface area (Å²) in [5.74, 6) is 0.0521. The number of amides is 1. The van der Waals surface area contributed by atoms with E-state index in [1.54, 1.807) is 24.1 Å². The molecule has 1 amide bonds. The molecule has 0 spiro atoms. The fraction of sp³-hybridized carbons (Fsp3) is 0.385. The number of nitrogens with zero attached hydrogens (tertiary/aromatic N) is 1. The van der Waals surface area contributed by atoms with Gasteiger partial charge in [0.2, 0.25) is 5.91 Å². The van der Waals surface area contributed by atoms with Gasteiger partial charge in [0.1, 0.15) is 0 Å². The third-order valence-corrected chi connectivity index (χ3v) is 3.07. The van der Waals surface area contributed by atoms with Gasteiger partial charge in [0.25, 0.3) is 0 Å². The highest BCUT2D eigenvalue weighted by molar-refractivity contribution is 5.98. The van der Waals surface area contributed by atoms with Crippen LogP contribution in [0.5, 0.6) is 0 Å². The number of ketones is 1. The van der Waals surface area contributed by atoms with Crippen LogP contribution in [0.2, 0.25) is 0 Å². The molecule has 1 aromatic carbocycles. The standard InChI is InChI=1S/C13H15NO2/c1-14-8-7-11(13(14)16)9-12(15)10-5-3-2-4-6-10/h2-6,11H,7-9H2,1H3. The summed E-state index contributed by atoms with van der Waals surface area (Å²) in [5, 5.41) is 0. The minimum atomic E-state index is -0.113. The van der Waals surface area contributed by atoms with Gasteiger partial charge in [0.15, 0.2) is 5.78 Å². The molecule has 0 N–H and O–H groups in total. The number of benzene rings is 1. The predicted octanol–water partition coefficient (Wildman–Crippen LogP) is 1.74. The van der Waals surface area contributed by atoms with E-state index in [1.165, 1.54) is 0 Å². The fourth-order valence-electron chi connectivity index (χ4n) is 2.05. The van der Waals surface area contributed by atoms with E-state index in [0.29, 0.717) is 12.0 Å². The quantitative estimate of drug-likeness (QED) is 0.723. The van der Waals surface area contributed by atoms with Gasteiger partial charge in [-0.1, -0.05) is 30.3 Å². The van der Waals surface area contributed by atoms with E-state index >= 15 is 0 Å². The van der Waals surface area contributed by atoms with E-state index in [2.05, 4.69) is 0 Å². The largest absolute Gasteiger partial charge is 0.345 e. The molecule has 0 radical (unpaired) electrons. The monoisotopic (exact) mass is 217 g/mol. The van der Waals surface area contributed by atoms with Crippen molar-refractivity contribution in [1.29, 1.82) is 0 Å². The first-order valence-electron chi connectivity index (χ1n) is 5.51. The molecule has 1 aliphatic heterocycles. The fourth-order valence-corrected chi connectivity index (χ4v) is 2.05. The SMILES string of the molecule is CN1CCC(CC(=O)c2ccccc2)C1=O. The van der Waals surface area contributed by atoms with Crippen LogP contribution in [0.3, 0.4) is 0 Å². The normalized spacial score (nSPS) is 20.2. The minimum absolute atomic E-state index is 0.0641. The molecule has 1 saturated heterocycles. The summed E-state index contributed by atoms with van der Waals surface area (Å²) in [5.41, 5.74) is 0.699. The molecule has 1 unspecified atom stereocenters. The molecule has 1 atom stereocenters. The van der Waals surface area contributed by atoms with Crippen molar-refractivity contribution in [3.05, 3.63) is 35.9 Å². The summed E-state index contributed by atoms with van der Waals surface area (Å²) < 4.78 is 0. The van der Waals surface area contributed by atoms with E-state index in [0.717, 1.165) is 13.0 Å². The molecule has 1 fully saturated rings. The molecule has 0 saturated carbocycles. The summed E-state index contributed by atoms with van der Waals surface area (Å²) in [4.78, 5) is 25.2. The van der Waals surface area contributed by atoms with Crippen LogP contribution >= 0.6 is 0 Å². The van der Waals surface area contributed by atoms with E-state index in [9.17, 15) is 9.59 Å². The van der Waals surface area contributed by atoms with Crippen molar-refractivity contribution < 1.29 is 9.59 Å². The Kier molecular flexibility index (Phi) is 3.04. The third kappa shape index (κ3) is 2.13. The van der Waals surface area contributed by atoms with E-state index < -0.39 is 0 Å². The number of rotatable bonds is 3. The maximum atomic E-state index is 11.9. The van der Waals surface area contributed by atoms with Gasteiger partial charge in [-0.2, -0.15) is 0 Å². The van der Waals surface area contributed by atoms with Crippen molar-refractivity contribution in [2.75, 3.05) is 13.6 Å². The van der Waals surface area contributed by atoms with Crippen LogP contribution in [0, 0.1) is 5.92 Å². The Balaban J connectivity index is 2.01. The molecule has 84 valence electrons. The molecule has 1 aromatic rings. The van der Waals surface area contributed by atoms with Crippen molar-refractivity contribution >= 4 is 11.7 Å². The van der Waals surface area contributed by atoms with Gasteiger partial charge >= 0.3 is 0 Å². The highest BCUT2D eigenvalue weighted by Gasteiger charge is 2.30. The van der Waals surface area contributed by atoms with E-state index in [-0.39, 0.29) is 17.6 Å². The van der Waals surface area contributed by atoms with Gasteiger partial charge < -0.3 is 4.90 Å². The third-order valence-electron chi connectivity index (χ3n) is 3.07. The predicted molar refractivity (Wildman–Crippen MR) is 61.1 cm³/mol. The molecule has 16 heavy (non-hydrogen) atoms. The first kappa shape index (κ1) is 10.9. The zero-order valence-corrected chi connectivity index (χ0v) is 9.35. The zero-order valence-electron chi connectivity index (χ0n) is 9.35. The number of carbonyl (C=O) groups is 2. The molecule has 3 nitrogen and oxygen atoms in total. The number of hydrogen-bond donors (Lipinski definition) is 0. The first-order chi connectivity index (χ1) is 7.68. The van der Waals surface area contributed by atoms with E-state index in [1.807, 2.05) is 18.2 Å². The van der Waals surface area contributed by atoms with Crippen LogP contribution in [0.4, 0.5) is 0 Å².